The molecule has 0 aromatic heterocycles. The maximum absolute atomic E-state index is 11.5. The van der Waals surface area contributed by atoms with Crippen LogP contribution in [0.15, 0.2) is 42.5 Å². The summed E-state index contributed by atoms with van der Waals surface area (Å²) < 4.78 is 4.74. The molecule has 1 rings (SSSR count). The Labute approximate surface area is 108 Å². The largest absolute Gasteiger partial charge is 0.469 e. The van der Waals surface area contributed by atoms with Crippen molar-refractivity contribution >= 4 is 5.97 Å². The van der Waals surface area contributed by atoms with Crippen LogP contribution < -0.4 is 0 Å². The van der Waals surface area contributed by atoms with Gasteiger partial charge >= 0.3 is 5.97 Å². The Morgan fingerprint density at radius 1 is 1.39 bits per heavy atom. The zero-order valence-corrected chi connectivity index (χ0v) is 10.7. The molecule has 0 bridgehead atoms. The van der Waals surface area contributed by atoms with Crippen LogP contribution >= 0.6 is 0 Å². The van der Waals surface area contributed by atoms with Gasteiger partial charge in [0.1, 0.15) is 0 Å². The fraction of sp³-hybridized carbons (Fsp3) is 0.400. The number of esters is 1. The fourth-order valence-electron chi connectivity index (χ4n) is 1.84. The lowest BCUT2D eigenvalue weighted by Gasteiger charge is -2.10. The Balaban J connectivity index is 2.42. The van der Waals surface area contributed by atoms with Crippen molar-refractivity contribution in [3.63, 3.8) is 0 Å². The van der Waals surface area contributed by atoms with Crippen molar-refractivity contribution in [2.45, 2.75) is 19.3 Å². The Morgan fingerprint density at radius 3 is 2.72 bits per heavy atom. The molecule has 98 valence electrons. The maximum atomic E-state index is 11.5. The summed E-state index contributed by atoms with van der Waals surface area (Å²) in [6.07, 6.45) is 5.90. The number of hydrogen-bond acceptors (Lipinski definition) is 3. The molecule has 0 radical (unpaired) electrons. The summed E-state index contributed by atoms with van der Waals surface area (Å²) in [6, 6.07) is 10.2. The standard InChI is InChI=1S/C15H20O3/c1-18-15(17)14(11-6-12-16)10-5-9-13-7-3-2-4-8-13/h2-4,6-8,11,14,16H,5,9-10,12H2,1H3/b11-6+. The molecule has 18 heavy (non-hydrogen) atoms. The minimum Gasteiger partial charge on any atom is -0.469 e. The molecule has 1 N–H and O–H groups in total. The fourth-order valence-corrected chi connectivity index (χ4v) is 1.84. The number of aliphatic hydroxyl groups excluding tert-OH is 1. The van der Waals surface area contributed by atoms with Gasteiger partial charge in [0.05, 0.1) is 19.6 Å². The lowest BCUT2D eigenvalue weighted by atomic mass is 9.99. The number of hydrogen-bond donors (Lipinski definition) is 1. The van der Waals surface area contributed by atoms with Gasteiger partial charge in [0.25, 0.3) is 0 Å². The second kappa shape index (κ2) is 8.48. The summed E-state index contributed by atoms with van der Waals surface area (Å²) in [5, 5.41) is 8.73. The highest BCUT2D eigenvalue weighted by Crippen LogP contribution is 2.13. The summed E-state index contributed by atoms with van der Waals surface area (Å²) >= 11 is 0. The molecule has 0 aliphatic carbocycles. The zero-order valence-electron chi connectivity index (χ0n) is 10.7. The molecule has 1 aromatic carbocycles. The topological polar surface area (TPSA) is 46.5 Å². The molecular weight excluding hydrogens is 228 g/mol. The minimum absolute atomic E-state index is 0.0494. The summed E-state index contributed by atoms with van der Waals surface area (Å²) in [5.74, 6) is -0.501. The highest BCUT2D eigenvalue weighted by molar-refractivity contribution is 5.74. The van der Waals surface area contributed by atoms with Gasteiger partial charge in [-0.05, 0) is 24.8 Å². The Hall–Kier alpha value is -1.61. The van der Waals surface area contributed by atoms with Gasteiger partial charge in [0.2, 0.25) is 0 Å². The van der Waals surface area contributed by atoms with Gasteiger partial charge in [-0.1, -0.05) is 42.5 Å². The monoisotopic (exact) mass is 248 g/mol. The Bertz CT molecular complexity index is 371. The average Bonchev–Trinajstić information content (AvgIpc) is 2.43. The van der Waals surface area contributed by atoms with E-state index in [0.717, 1.165) is 19.3 Å². The Kier molecular flexibility index (Phi) is 6.81. The van der Waals surface area contributed by atoms with E-state index in [1.165, 1.54) is 12.7 Å². The lowest BCUT2D eigenvalue weighted by Crippen LogP contribution is -2.14. The van der Waals surface area contributed by atoms with E-state index >= 15 is 0 Å². The molecule has 0 fully saturated rings. The van der Waals surface area contributed by atoms with E-state index < -0.39 is 0 Å². The zero-order chi connectivity index (χ0) is 13.2. The number of carbonyl (C=O) groups is 1. The van der Waals surface area contributed by atoms with Crippen LogP contribution in [0.5, 0.6) is 0 Å². The van der Waals surface area contributed by atoms with Gasteiger partial charge in [0, 0.05) is 0 Å². The number of carbonyl (C=O) groups excluding carboxylic acids is 1. The van der Waals surface area contributed by atoms with E-state index in [-0.39, 0.29) is 18.5 Å². The molecule has 1 aromatic rings. The van der Waals surface area contributed by atoms with Gasteiger partial charge in [0.15, 0.2) is 0 Å². The van der Waals surface area contributed by atoms with Crippen molar-refractivity contribution in [3.8, 4) is 0 Å². The van der Waals surface area contributed by atoms with Crippen LogP contribution in [-0.4, -0.2) is 24.8 Å². The normalized spacial score (nSPS) is 12.6. The maximum Gasteiger partial charge on any atom is 0.312 e. The number of aliphatic hydroxyl groups is 1. The second-order valence-electron chi connectivity index (χ2n) is 4.12. The van der Waals surface area contributed by atoms with Crippen LogP contribution in [0, 0.1) is 5.92 Å². The van der Waals surface area contributed by atoms with E-state index in [2.05, 4.69) is 12.1 Å². The third kappa shape index (κ3) is 5.15. The van der Waals surface area contributed by atoms with Crippen molar-refractivity contribution < 1.29 is 14.6 Å². The highest BCUT2D eigenvalue weighted by atomic mass is 16.5. The highest BCUT2D eigenvalue weighted by Gasteiger charge is 2.14. The molecule has 0 spiro atoms. The van der Waals surface area contributed by atoms with Crippen LogP contribution in [0.4, 0.5) is 0 Å². The molecule has 3 heteroatoms. The smallest absolute Gasteiger partial charge is 0.312 e. The predicted molar refractivity (Wildman–Crippen MR) is 71.1 cm³/mol. The number of benzene rings is 1. The van der Waals surface area contributed by atoms with Crippen molar-refractivity contribution in [3.05, 3.63) is 48.0 Å². The van der Waals surface area contributed by atoms with Crippen LogP contribution in [0.2, 0.25) is 0 Å². The number of methoxy groups -OCH3 is 1. The Morgan fingerprint density at radius 2 is 2.11 bits per heavy atom. The average molecular weight is 248 g/mol. The third-order valence-electron chi connectivity index (χ3n) is 2.80. The summed E-state index contributed by atoms with van der Waals surface area (Å²) in [6.45, 7) is -0.0494. The molecular formula is C15H20O3. The summed E-state index contributed by atoms with van der Waals surface area (Å²) in [7, 11) is 1.39. The number of aryl methyl sites for hydroxylation is 1. The van der Waals surface area contributed by atoms with E-state index in [9.17, 15) is 4.79 Å². The minimum atomic E-state index is -0.258. The molecule has 0 heterocycles. The first-order valence-electron chi connectivity index (χ1n) is 6.17. The predicted octanol–water partition coefficient (Wildman–Crippen LogP) is 2.35. The quantitative estimate of drug-likeness (QED) is 0.595. The van der Waals surface area contributed by atoms with Gasteiger partial charge in [-0.15, -0.1) is 0 Å². The van der Waals surface area contributed by atoms with Crippen LogP contribution in [0.3, 0.4) is 0 Å². The van der Waals surface area contributed by atoms with Gasteiger partial charge in [-0.3, -0.25) is 4.79 Å². The van der Waals surface area contributed by atoms with Crippen molar-refractivity contribution in [1.82, 2.24) is 0 Å². The third-order valence-corrected chi connectivity index (χ3v) is 2.80. The van der Waals surface area contributed by atoms with Crippen molar-refractivity contribution in [2.75, 3.05) is 13.7 Å². The first-order chi connectivity index (χ1) is 8.77. The second-order valence-corrected chi connectivity index (χ2v) is 4.12. The molecule has 0 aliphatic heterocycles. The molecule has 0 aliphatic rings. The first-order valence-corrected chi connectivity index (χ1v) is 6.17. The lowest BCUT2D eigenvalue weighted by molar-refractivity contribution is -0.143. The van der Waals surface area contributed by atoms with Gasteiger partial charge in [-0.2, -0.15) is 0 Å². The molecule has 1 unspecified atom stereocenters. The van der Waals surface area contributed by atoms with Crippen LogP contribution in [0.1, 0.15) is 18.4 Å². The first kappa shape index (κ1) is 14.5. The van der Waals surface area contributed by atoms with Crippen molar-refractivity contribution in [2.24, 2.45) is 5.92 Å². The van der Waals surface area contributed by atoms with Crippen LogP contribution in [0.25, 0.3) is 0 Å². The van der Waals surface area contributed by atoms with E-state index in [4.69, 9.17) is 9.84 Å². The van der Waals surface area contributed by atoms with E-state index in [1.807, 2.05) is 18.2 Å². The molecule has 0 amide bonds. The SMILES string of the molecule is COC(=O)C(/C=C/CO)CCCc1ccccc1. The number of ether oxygens (including phenoxy) is 1. The molecule has 3 nitrogen and oxygen atoms in total. The molecule has 0 saturated heterocycles. The molecule has 1 atom stereocenters. The summed E-state index contributed by atoms with van der Waals surface area (Å²) in [4.78, 5) is 11.5. The van der Waals surface area contributed by atoms with Gasteiger partial charge in [-0.25, -0.2) is 0 Å². The number of rotatable bonds is 7. The van der Waals surface area contributed by atoms with Crippen molar-refractivity contribution in [1.29, 1.82) is 0 Å². The van der Waals surface area contributed by atoms with Crippen LogP contribution in [-0.2, 0) is 16.0 Å². The summed E-state index contributed by atoms with van der Waals surface area (Å²) in [5.41, 5.74) is 1.27. The van der Waals surface area contributed by atoms with E-state index in [0.29, 0.717) is 0 Å². The van der Waals surface area contributed by atoms with E-state index in [1.54, 1.807) is 12.2 Å². The van der Waals surface area contributed by atoms with Gasteiger partial charge < -0.3 is 9.84 Å². The molecule has 0 saturated carbocycles.